The number of nitrogens with two attached hydrogens (primary N) is 1. The number of rotatable bonds is 4. The fraction of sp³-hybridized carbons (Fsp3) is 0.200. The van der Waals surface area contributed by atoms with E-state index in [0.717, 1.165) is 15.6 Å². The van der Waals surface area contributed by atoms with Crippen molar-refractivity contribution in [3.05, 3.63) is 67.6 Å². The van der Waals surface area contributed by atoms with E-state index in [0.29, 0.717) is 16.5 Å². The molecule has 1 atom stereocenters. The van der Waals surface area contributed by atoms with E-state index in [-0.39, 0.29) is 6.04 Å². The standard InChI is InChI=1S/C15H15BrCl2N2/c1-9-5-11(7-12(16)6-9)14(20-19)8-10-3-2-4-13(17)15(10)18/h2-7,14,20H,8,19H2,1H3. The van der Waals surface area contributed by atoms with Gasteiger partial charge in [-0.3, -0.25) is 11.3 Å². The molecule has 0 aliphatic heterocycles. The molecule has 2 nitrogen and oxygen atoms in total. The molecule has 0 bridgehead atoms. The van der Waals surface area contributed by atoms with Crippen LogP contribution in [0.25, 0.3) is 0 Å². The lowest BCUT2D eigenvalue weighted by molar-refractivity contribution is 0.551. The zero-order valence-electron chi connectivity index (χ0n) is 11.0. The van der Waals surface area contributed by atoms with Crippen LogP contribution in [0.3, 0.4) is 0 Å². The van der Waals surface area contributed by atoms with Crippen LogP contribution in [0.5, 0.6) is 0 Å². The fourth-order valence-electron chi connectivity index (χ4n) is 2.16. The molecule has 0 aromatic heterocycles. The smallest absolute Gasteiger partial charge is 0.0624 e. The van der Waals surface area contributed by atoms with Crippen molar-refractivity contribution in [2.75, 3.05) is 0 Å². The first kappa shape index (κ1) is 15.8. The van der Waals surface area contributed by atoms with Crippen LogP contribution in [-0.2, 0) is 6.42 Å². The Bertz CT molecular complexity index is 597. The molecule has 0 saturated heterocycles. The molecule has 0 radical (unpaired) electrons. The highest BCUT2D eigenvalue weighted by molar-refractivity contribution is 9.10. The molecule has 2 aromatic carbocycles. The largest absolute Gasteiger partial charge is 0.271 e. The van der Waals surface area contributed by atoms with E-state index in [1.807, 2.05) is 19.1 Å². The maximum atomic E-state index is 6.23. The molecule has 2 rings (SSSR count). The van der Waals surface area contributed by atoms with Crippen molar-refractivity contribution in [2.45, 2.75) is 19.4 Å². The Morgan fingerprint density at radius 2 is 2.00 bits per heavy atom. The van der Waals surface area contributed by atoms with Crippen molar-refractivity contribution in [3.8, 4) is 0 Å². The number of benzene rings is 2. The lowest BCUT2D eigenvalue weighted by atomic mass is 9.98. The maximum Gasteiger partial charge on any atom is 0.0624 e. The molecule has 20 heavy (non-hydrogen) atoms. The molecule has 1 unspecified atom stereocenters. The molecule has 0 aliphatic rings. The summed E-state index contributed by atoms with van der Waals surface area (Å²) >= 11 is 15.8. The lowest BCUT2D eigenvalue weighted by Gasteiger charge is -2.18. The summed E-state index contributed by atoms with van der Waals surface area (Å²) in [6.07, 6.45) is 0.672. The maximum absolute atomic E-state index is 6.23. The first-order valence-electron chi connectivity index (χ1n) is 6.17. The molecule has 3 N–H and O–H groups in total. The van der Waals surface area contributed by atoms with Gasteiger partial charge in [-0.15, -0.1) is 0 Å². The van der Waals surface area contributed by atoms with Crippen molar-refractivity contribution >= 4 is 39.1 Å². The van der Waals surface area contributed by atoms with Crippen LogP contribution in [0.4, 0.5) is 0 Å². The SMILES string of the molecule is Cc1cc(Br)cc(C(Cc2cccc(Cl)c2Cl)NN)c1. The van der Waals surface area contributed by atoms with Crippen molar-refractivity contribution in [2.24, 2.45) is 5.84 Å². The minimum Gasteiger partial charge on any atom is -0.271 e. The van der Waals surface area contributed by atoms with Gasteiger partial charge in [-0.1, -0.05) is 57.3 Å². The first-order chi connectivity index (χ1) is 9.51. The molecule has 0 aliphatic carbocycles. The molecular weight excluding hydrogens is 359 g/mol. The molecular formula is C15H15BrCl2N2. The van der Waals surface area contributed by atoms with Crippen LogP contribution in [0.1, 0.15) is 22.7 Å². The average molecular weight is 374 g/mol. The average Bonchev–Trinajstić information content (AvgIpc) is 2.39. The van der Waals surface area contributed by atoms with Gasteiger partial charge < -0.3 is 0 Å². The molecule has 0 saturated carbocycles. The highest BCUT2D eigenvalue weighted by Crippen LogP contribution is 2.30. The van der Waals surface area contributed by atoms with E-state index in [2.05, 4.69) is 39.6 Å². The van der Waals surface area contributed by atoms with Crippen molar-refractivity contribution < 1.29 is 0 Å². The van der Waals surface area contributed by atoms with Gasteiger partial charge in [0.15, 0.2) is 0 Å². The van der Waals surface area contributed by atoms with Gasteiger partial charge in [-0.2, -0.15) is 0 Å². The van der Waals surface area contributed by atoms with E-state index < -0.39 is 0 Å². The van der Waals surface area contributed by atoms with E-state index >= 15 is 0 Å². The summed E-state index contributed by atoms with van der Waals surface area (Å²) in [5.41, 5.74) is 6.10. The Kier molecular flexibility index (Phi) is 5.47. The van der Waals surface area contributed by atoms with Crippen LogP contribution >= 0.6 is 39.1 Å². The minimum absolute atomic E-state index is 0.0258. The van der Waals surface area contributed by atoms with Gasteiger partial charge in [0.25, 0.3) is 0 Å². The summed E-state index contributed by atoms with van der Waals surface area (Å²) in [6.45, 7) is 2.05. The van der Waals surface area contributed by atoms with Crippen LogP contribution in [-0.4, -0.2) is 0 Å². The number of halogens is 3. The van der Waals surface area contributed by atoms with Crippen molar-refractivity contribution in [1.29, 1.82) is 0 Å². The summed E-state index contributed by atoms with van der Waals surface area (Å²) in [4.78, 5) is 0. The Labute approximate surface area is 137 Å². The molecule has 0 amide bonds. The predicted molar refractivity (Wildman–Crippen MR) is 89.1 cm³/mol. The Morgan fingerprint density at radius 3 is 2.65 bits per heavy atom. The Hall–Kier alpha value is -0.580. The zero-order valence-corrected chi connectivity index (χ0v) is 14.1. The van der Waals surface area contributed by atoms with Gasteiger partial charge in [0, 0.05) is 4.47 Å². The topological polar surface area (TPSA) is 38.0 Å². The lowest BCUT2D eigenvalue weighted by Crippen LogP contribution is -2.29. The highest BCUT2D eigenvalue weighted by atomic mass is 79.9. The monoisotopic (exact) mass is 372 g/mol. The quantitative estimate of drug-likeness (QED) is 0.596. The van der Waals surface area contributed by atoms with Gasteiger partial charge in [0.1, 0.15) is 0 Å². The first-order valence-corrected chi connectivity index (χ1v) is 7.72. The van der Waals surface area contributed by atoms with E-state index in [4.69, 9.17) is 29.0 Å². The summed E-state index contributed by atoms with van der Waals surface area (Å²) in [5.74, 6) is 5.70. The van der Waals surface area contributed by atoms with E-state index in [1.54, 1.807) is 6.07 Å². The molecule has 0 spiro atoms. The summed E-state index contributed by atoms with van der Waals surface area (Å²) < 4.78 is 1.03. The number of hydrogen-bond donors (Lipinski definition) is 2. The number of hydrazine groups is 1. The van der Waals surface area contributed by atoms with Crippen molar-refractivity contribution in [1.82, 2.24) is 5.43 Å². The minimum atomic E-state index is -0.0258. The third-order valence-electron chi connectivity index (χ3n) is 3.12. The molecule has 0 fully saturated rings. The predicted octanol–water partition coefficient (Wildman–Crippen LogP) is 4.81. The summed E-state index contributed by atoms with van der Waals surface area (Å²) in [6, 6.07) is 11.8. The second kappa shape index (κ2) is 6.92. The molecule has 5 heteroatoms. The van der Waals surface area contributed by atoms with Crippen LogP contribution < -0.4 is 11.3 Å². The van der Waals surface area contributed by atoms with Crippen molar-refractivity contribution in [3.63, 3.8) is 0 Å². The van der Waals surface area contributed by atoms with Gasteiger partial charge in [0.05, 0.1) is 16.1 Å². The van der Waals surface area contributed by atoms with Crippen LogP contribution in [0.15, 0.2) is 40.9 Å². The number of hydrogen-bond acceptors (Lipinski definition) is 2. The van der Waals surface area contributed by atoms with Gasteiger partial charge >= 0.3 is 0 Å². The second-order valence-electron chi connectivity index (χ2n) is 4.70. The van der Waals surface area contributed by atoms with E-state index in [9.17, 15) is 0 Å². The van der Waals surface area contributed by atoms with Crippen LogP contribution in [0, 0.1) is 6.92 Å². The fourth-order valence-corrected chi connectivity index (χ4v) is 3.19. The van der Waals surface area contributed by atoms with Gasteiger partial charge in [0.2, 0.25) is 0 Å². The summed E-state index contributed by atoms with van der Waals surface area (Å²) in [5, 5.41) is 1.14. The van der Waals surface area contributed by atoms with E-state index in [1.165, 1.54) is 5.56 Å². The number of aryl methyl sites for hydroxylation is 1. The Morgan fingerprint density at radius 1 is 1.25 bits per heavy atom. The normalized spacial score (nSPS) is 12.4. The number of nitrogens with one attached hydrogen (secondary N) is 1. The van der Waals surface area contributed by atoms with Crippen LogP contribution in [0.2, 0.25) is 10.0 Å². The highest BCUT2D eigenvalue weighted by Gasteiger charge is 2.14. The Balaban J connectivity index is 2.31. The van der Waals surface area contributed by atoms with Gasteiger partial charge in [-0.25, -0.2) is 0 Å². The van der Waals surface area contributed by atoms with Gasteiger partial charge in [-0.05, 0) is 48.2 Å². The second-order valence-corrected chi connectivity index (χ2v) is 6.40. The third kappa shape index (κ3) is 3.74. The zero-order chi connectivity index (χ0) is 14.7. The molecule has 0 heterocycles. The summed E-state index contributed by atoms with van der Waals surface area (Å²) in [7, 11) is 0. The third-order valence-corrected chi connectivity index (χ3v) is 4.44. The molecule has 106 valence electrons. The molecule has 2 aromatic rings.